The van der Waals surface area contributed by atoms with Crippen LogP contribution >= 0.6 is 0 Å². The maximum Gasteiger partial charge on any atom is 0.471 e. The zero-order chi connectivity index (χ0) is 25.7. The van der Waals surface area contributed by atoms with Gasteiger partial charge in [0.25, 0.3) is 0 Å². The van der Waals surface area contributed by atoms with Crippen molar-refractivity contribution in [3.63, 3.8) is 0 Å². The molecule has 2 heterocycles. The van der Waals surface area contributed by atoms with E-state index in [0.29, 0.717) is 0 Å². The van der Waals surface area contributed by atoms with Gasteiger partial charge in [-0.1, -0.05) is 24.3 Å². The molecule has 190 valence electrons. The van der Waals surface area contributed by atoms with Gasteiger partial charge in [0, 0.05) is 41.7 Å². The summed E-state index contributed by atoms with van der Waals surface area (Å²) in [5.41, 5.74) is 0.0835. The van der Waals surface area contributed by atoms with E-state index >= 15 is 0 Å². The van der Waals surface area contributed by atoms with E-state index in [1.165, 1.54) is 19.1 Å². The fraction of sp³-hybridized carbons (Fsp3) is 0.522. The van der Waals surface area contributed by atoms with E-state index < -0.39 is 66.3 Å². The molecule has 1 saturated heterocycles. The first-order valence-electron chi connectivity index (χ1n) is 11.0. The van der Waals surface area contributed by atoms with Crippen molar-refractivity contribution >= 4 is 17.5 Å². The summed E-state index contributed by atoms with van der Waals surface area (Å²) in [6, 6.07) is 4.45. The van der Waals surface area contributed by atoms with Gasteiger partial charge in [0.15, 0.2) is 17.4 Å². The number of nitrogens with one attached hydrogen (secondary N) is 1. The average molecular weight is 499 g/mol. The molecule has 1 aromatic carbocycles. The number of benzene rings is 1. The number of halogens is 3. The van der Waals surface area contributed by atoms with Crippen LogP contribution in [0.25, 0.3) is 0 Å². The number of aliphatic hydroxyl groups excluding tert-OH is 2. The number of ether oxygens (including phenoxy) is 2. The molecular formula is C23H24F3NO8. The molecule has 4 rings (SSSR count). The van der Waals surface area contributed by atoms with Gasteiger partial charge in [0.1, 0.15) is 12.2 Å². The molecule has 0 spiro atoms. The number of fused-ring (bicyclic) bond motifs is 1. The quantitative estimate of drug-likeness (QED) is 0.477. The average Bonchev–Trinajstić information content (AvgIpc) is 2.80. The monoisotopic (exact) mass is 499 g/mol. The van der Waals surface area contributed by atoms with Gasteiger partial charge in [0.2, 0.25) is 0 Å². The van der Waals surface area contributed by atoms with E-state index in [4.69, 9.17) is 9.47 Å². The number of carbonyl (C=O) groups is 3. The second-order valence-corrected chi connectivity index (χ2v) is 8.89. The lowest BCUT2D eigenvalue weighted by Crippen LogP contribution is -2.65. The van der Waals surface area contributed by atoms with Crippen LogP contribution in [-0.4, -0.2) is 81.8 Å². The Morgan fingerprint density at radius 1 is 1.20 bits per heavy atom. The van der Waals surface area contributed by atoms with Gasteiger partial charge in [-0.2, -0.15) is 13.2 Å². The van der Waals surface area contributed by atoms with E-state index in [9.17, 15) is 42.9 Å². The van der Waals surface area contributed by atoms with Gasteiger partial charge in [-0.3, -0.25) is 14.4 Å². The number of hydrogen-bond donors (Lipinski definition) is 4. The highest BCUT2D eigenvalue weighted by atomic mass is 19.4. The Hall–Kier alpha value is -2.64. The molecular weight excluding hydrogens is 475 g/mol. The van der Waals surface area contributed by atoms with Crippen molar-refractivity contribution in [1.29, 1.82) is 0 Å². The molecule has 2 aliphatic heterocycles. The Labute approximate surface area is 197 Å². The molecule has 6 atom stereocenters. The second-order valence-electron chi connectivity index (χ2n) is 8.89. The SMILES string of the molecule is C[C@H]1O[C@](O)([C@H]2O[C@H](CCO)CC3=C2C(=O)c2ccccc2C3=O)C[C@H](NC(=O)C(F)(F)F)[C@H]1O. The van der Waals surface area contributed by atoms with Gasteiger partial charge in [-0.15, -0.1) is 0 Å². The minimum Gasteiger partial charge on any atom is -0.396 e. The molecule has 35 heavy (non-hydrogen) atoms. The number of aliphatic hydroxyl groups is 3. The summed E-state index contributed by atoms with van der Waals surface area (Å²) in [5, 5.41) is 32.9. The minimum atomic E-state index is -5.24. The molecule has 12 heteroatoms. The smallest absolute Gasteiger partial charge is 0.396 e. The number of ketones is 2. The van der Waals surface area contributed by atoms with Crippen LogP contribution in [0.4, 0.5) is 13.2 Å². The molecule has 0 unspecified atom stereocenters. The zero-order valence-corrected chi connectivity index (χ0v) is 18.5. The van der Waals surface area contributed by atoms with Crippen molar-refractivity contribution in [2.45, 2.75) is 68.6 Å². The van der Waals surface area contributed by atoms with Gasteiger partial charge >= 0.3 is 12.1 Å². The number of hydrogen-bond acceptors (Lipinski definition) is 8. The first-order valence-corrected chi connectivity index (χ1v) is 11.0. The molecule has 1 aromatic rings. The third-order valence-electron chi connectivity index (χ3n) is 6.51. The van der Waals surface area contributed by atoms with Gasteiger partial charge in [-0.25, -0.2) is 0 Å². The van der Waals surface area contributed by atoms with Crippen molar-refractivity contribution < 1.29 is 52.3 Å². The molecule has 4 N–H and O–H groups in total. The molecule has 0 bridgehead atoms. The largest absolute Gasteiger partial charge is 0.471 e. The highest BCUT2D eigenvalue weighted by molar-refractivity contribution is 6.27. The fourth-order valence-corrected chi connectivity index (χ4v) is 4.87. The summed E-state index contributed by atoms with van der Waals surface area (Å²) in [7, 11) is 0. The third-order valence-corrected chi connectivity index (χ3v) is 6.51. The topological polar surface area (TPSA) is 142 Å². The van der Waals surface area contributed by atoms with Crippen molar-refractivity contribution in [1.82, 2.24) is 5.32 Å². The lowest BCUT2D eigenvalue weighted by Gasteiger charge is -2.49. The zero-order valence-electron chi connectivity index (χ0n) is 18.5. The van der Waals surface area contributed by atoms with Crippen LogP contribution in [0, 0.1) is 0 Å². The summed E-state index contributed by atoms with van der Waals surface area (Å²) in [4.78, 5) is 38.2. The first-order chi connectivity index (χ1) is 16.4. The maximum absolute atomic E-state index is 13.4. The Morgan fingerprint density at radius 3 is 2.43 bits per heavy atom. The molecule has 0 saturated carbocycles. The summed E-state index contributed by atoms with van der Waals surface area (Å²) < 4.78 is 50.0. The third kappa shape index (κ3) is 4.52. The normalized spacial score (nSPS) is 33.3. The number of Topliss-reactive ketones (excluding diaryl/α,β-unsaturated/α-hetero) is 2. The molecule has 3 aliphatic rings. The van der Waals surface area contributed by atoms with E-state index in [1.807, 2.05) is 0 Å². The minimum absolute atomic E-state index is 0.0339. The van der Waals surface area contributed by atoms with Crippen LogP contribution < -0.4 is 5.32 Å². The second kappa shape index (κ2) is 9.10. The van der Waals surface area contributed by atoms with Crippen LogP contribution in [0.2, 0.25) is 0 Å². The van der Waals surface area contributed by atoms with E-state index in [-0.39, 0.29) is 41.7 Å². The lowest BCUT2D eigenvalue weighted by molar-refractivity contribution is -0.321. The summed E-state index contributed by atoms with van der Waals surface area (Å²) >= 11 is 0. The summed E-state index contributed by atoms with van der Waals surface area (Å²) in [6.45, 7) is 0.936. The maximum atomic E-state index is 13.4. The highest BCUT2D eigenvalue weighted by Gasteiger charge is 2.56. The lowest BCUT2D eigenvalue weighted by atomic mass is 9.75. The predicted octanol–water partition coefficient (Wildman–Crippen LogP) is 0.808. The highest BCUT2D eigenvalue weighted by Crippen LogP contribution is 2.43. The van der Waals surface area contributed by atoms with Crippen LogP contribution in [-0.2, 0) is 14.3 Å². The van der Waals surface area contributed by atoms with Crippen molar-refractivity contribution in [3.8, 4) is 0 Å². The Balaban J connectivity index is 1.76. The Kier molecular flexibility index (Phi) is 6.62. The van der Waals surface area contributed by atoms with E-state index in [1.54, 1.807) is 17.4 Å². The number of rotatable bonds is 4. The Bertz CT molecular complexity index is 1090. The predicted molar refractivity (Wildman–Crippen MR) is 111 cm³/mol. The van der Waals surface area contributed by atoms with Gasteiger partial charge < -0.3 is 30.1 Å². The van der Waals surface area contributed by atoms with Crippen molar-refractivity contribution in [3.05, 3.63) is 46.5 Å². The fourth-order valence-electron chi connectivity index (χ4n) is 4.87. The molecule has 9 nitrogen and oxygen atoms in total. The number of alkyl halides is 3. The number of amides is 1. The summed E-state index contributed by atoms with van der Waals surface area (Å²) in [6.07, 6.45) is -11.3. The van der Waals surface area contributed by atoms with Crippen molar-refractivity contribution in [2.75, 3.05) is 6.61 Å². The van der Waals surface area contributed by atoms with Crippen LogP contribution in [0.3, 0.4) is 0 Å². The first kappa shape index (κ1) is 25.5. The van der Waals surface area contributed by atoms with Crippen LogP contribution in [0.1, 0.15) is 46.9 Å². The van der Waals surface area contributed by atoms with Gasteiger partial charge in [-0.05, 0) is 13.3 Å². The van der Waals surface area contributed by atoms with Crippen LogP contribution in [0.15, 0.2) is 35.4 Å². The summed E-state index contributed by atoms with van der Waals surface area (Å²) in [5.74, 6) is -5.90. The van der Waals surface area contributed by atoms with Crippen LogP contribution in [0.5, 0.6) is 0 Å². The standard InChI is InChI=1S/C23H24F3NO8/c1-10-17(29)15(27-21(32)23(24,25)26)9-22(33,35-10)20-16-14(8-11(34-20)6-7-28)18(30)12-4-2-3-5-13(12)19(16)31/h2-5,10-11,15,17,20,28-29,33H,6-9H2,1H3,(H,27,32)/t10-,11-,15+,17+,20+,22+/m1/s1. The molecule has 0 aromatic heterocycles. The van der Waals surface area contributed by atoms with Crippen molar-refractivity contribution in [2.24, 2.45) is 0 Å². The Morgan fingerprint density at radius 2 is 1.83 bits per heavy atom. The molecule has 1 aliphatic carbocycles. The van der Waals surface area contributed by atoms with E-state index in [0.717, 1.165) is 0 Å². The molecule has 1 amide bonds. The van der Waals surface area contributed by atoms with E-state index in [2.05, 4.69) is 0 Å². The molecule has 0 radical (unpaired) electrons. The number of carbonyl (C=O) groups excluding carboxylic acids is 3. The van der Waals surface area contributed by atoms with Gasteiger partial charge in [0.05, 0.1) is 18.2 Å². The molecule has 1 fully saturated rings.